The van der Waals surface area contributed by atoms with E-state index in [1.807, 2.05) is 24.3 Å². The maximum Gasteiger partial charge on any atom is 0.0952 e. The first-order valence-electron chi connectivity index (χ1n) is 5.30. The number of nitrogen functional groups attached to an aromatic ring is 1. The number of furan rings is 1. The predicted molar refractivity (Wildman–Crippen MR) is 66.2 cm³/mol. The quantitative estimate of drug-likeness (QED) is 0.787. The fourth-order valence-corrected chi connectivity index (χ4v) is 1.55. The van der Waals surface area contributed by atoms with E-state index in [-0.39, 0.29) is 0 Å². The molecule has 0 saturated heterocycles. The predicted octanol–water partition coefficient (Wildman–Crippen LogP) is 2.54. The molecule has 2 aromatic rings. The fourth-order valence-electron chi connectivity index (χ4n) is 1.55. The smallest absolute Gasteiger partial charge is 0.0952 e. The van der Waals surface area contributed by atoms with Crippen molar-refractivity contribution in [1.82, 2.24) is 0 Å². The molecule has 1 heterocycles. The molecule has 0 aliphatic carbocycles. The SMILES string of the molecule is N#CCc1cc(NCc2ccoc2)ccc1N. The molecule has 0 unspecified atom stereocenters. The van der Waals surface area contributed by atoms with Crippen LogP contribution in [0.2, 0.25) is 0 Å². The topological polar surface area (TPSA) is 75.0 Å². The second kappa shape index (κ2) is 5.08. The van der Waals surface area contributed by atoms with Crippen LogP contribution in [0.4, 0.5) is 11.4 Å². The van der Waals surface area contributed by atoms with Gasteiger partial charge in [-0.1, -0.05) is 0 Å². The number of nitrogens with zero attached hydrogens (tertiary/aromatic N) is 1. The second-order valence-corrected chi connectivity index (χ2v) is 3.73. The lowest BCUT2D eigenvalue weighted by Crippen LogP contribution is -2.00. The largest absolute Gasteiger partial charge is 0.472 e. The number of rotatable bonds is 4. The highest BCUT2D eigenvalue weighted by Crippen LogP contribution is 2.18. The lowest BCUT2D eigenvalue weighted by Gasteiger charge is -2.08. The molecular formula is C13H13N3O. The monoisotopic (exact) mass is 227 g/mol. The van der Waals surface area contributed by atoms with Crippen LogP contribution >= 0.6 is 0 Å². The van der Waals surface area contributed by atoms with Gasteiger partial charge in [0.05, 0.1) is 25.0 Å². The van der Waals surface area contributed by atoms with Crippen LogP contribution in [0.5, 0.6) is 0 Å². The summed E-state index contributed by atoms with van der Waals surface area (Å²) >= 11 is 0. The Morgan fingerprint density at radius 2 is 2.24 bits per heavy atom. The van der Waals surface area contributed by atoms with Crippen LogP contribution < -0.4 is 11.1 Å². The Labute approximate surface area is 99.7 Å². The van der Waals surface area contributed by atoms with Gasteiger partial charge in [0, 0.05) is 23.5 Å². The van der Waals surface area contributed by atoms with Crippen molar-refractivity contribution in [2.75, 3.05) is 11.1 Å². The molecule has 0 aliphatic rings. The molecule has 1 aromatic carbocycles. The molecule has 0 bridgehead atoms. The maximum absolute atomic E-state index is 8.68. The van der Waals surface area contributed by atoms with E-state index >= 15 is 0 Å². The molecule has 0 atom stereocenters. The summed E-state index contributed by atoms with van der Waals surface area (Å²) in [5.41, 5.74) is 9.30. The number of anilines is 2. The third-order valence-electron chi connectivity index (χ3n) is 2.49. The van der Waals surface area contributed by atoms with Gasteiger partial charge in [-0.3, -0.25) is 0 Å². The second-order valence-electron chi connectivity index (χ2n) is 3.73. The molecule has 4 heteroatoms. The summed E-state index contributed by atoms with van der Waals surface area (Å²) in [7, 11) is 0. The number of hydrogen-bond donors (Lipinski definition) is 2. The molecule has 1 aromatic heterocycles. The van der Waals surface area contributed by atoms with E-state index in [2.05, 4.69) is 11.4 Å². The van der Waals surface area contributed by atoms with E-state index in [4.69, 9.17) is 15.4 Å². The van der Waals surface area contributed by atoms with Gasteiger partial charge in [-0.05, 0) is 29.8 Å². The van der Waals surface area contributed by atoms with Gasteiger partial charge < -0.3 is 15.5 Å². The van der Waals surface area contributed by atoms with Crippen LogP contribution in [0, 0.1) is 11.3 Å². The molecule has 17 heavy (non-hydrogen) atoms. The minimum absolute atomic E-state index is 0.326. The van der Waals surface area contributed by atoms with E-state index in [0.717, 1.165) is 16.8 Å². The van der Waals surface area contributed by atoms with Crippen LogP contribution in [0.3, 0.4) is 0 Å². The molecule has 3 N–H and O–H groups in total. The standard InChI is InChI=1S/C13H13N3O/c14-5-3-11-7-12(1-2-13(11)15)16-8-10-4-6-17-9-10/h1-2,4,6-7,9,16H,3,8,15H2. The summed E-state index contributed by atoms with van der Waals surface area (Å²) < 4.78 is 4.98. The third-order valence-corrected chi connectivity index (χ3v) is 2.49. The van der Waals surface area contributed by atoms with Crippen molar-refractivity contribution in [2.24, 2.45) is 0 Å². The zero-order chi connectivity index (χ0) is 12.1. The van der Waals surface area contributed by atoms with E-state index in [1.165, 1.54) is 0 Å². The van der Waals surface area contributed by atoms with Crippen LogP contribution in [0.25, 0.3) is 0 Å². The number of benzene rings is 1. The number of nitrogens with two attached hydrogens (primary N) is 1. The van der Waals surface area contributed by atoms with Crippen molar-refractivity contribution in [3.05, 3.63) is 47.9 Å². The van der Waals surface area contributed by atoms with Crippen molar-refractivity contribution < 1.29 is 4.42 Å². The highest BCUT2D eigenvalue weighted by atomic mass is 16.3. The van der Waals surface area contributed by atoms with Gasteiger partial charge in [0.2, 0.25) is 0 Å². The Hall–Kier alpha value is -2.41. The first kappa shape index (κ1) is 11.1. The normalized spacial score (nSPS) is 9.82. The molecule has 0 aliphatic heterocycles. The van der Waals surface area contributed by atoms with Crippen molar-refractivity contribution in [3.63, 3.8) is 0 Å². The molecule has 0 amide bonds. The van der Waals surface area contributed by atoms with Gasteiger partial charge in [-0.25, -0.2) is 0 Å². The van der Waals surface area contributed by atoms with Gasteiger partial charge >= 0.3 is 0 Å². The molecule has 0 spiro atoms. The minimum Gasteiger partial charge on any atom is -0.472 e. The van der Waals surface area contributed by atoms with E-state index in [9.17, 15) is 0 Å². The summed E-state index contributed by atoms with van der Waals surface area (Å²) in [4.78, 5) is 0. The van der Waals surface area contributed by atoms with Gasteiger partial charge in [-0.15, -0.1) is 0 Å². The highest BCUT2D eigenvalue weighted by molar-refractivity contribution is 5.58. The molecule has 0 radical (unpaired) electrons. The lowest BCUT2D eigenvalue weighted by atomic mass is 10.1. The number of hydrogen-bond acceptors (Lipinski definition) is 4. The van der Waals surface area contributed by atoms with Gasteiger partial charge in [0.25, 0.3) is 0 Å². The van der Waals surface area contributed by atoms with Gasteiger partial charge in [0.15, 0.2) is 0 Å². The van der Waals surface area contributed by atoms with Crippen LogP contribution in [0.1, 0.15) is 11.1 Å². The maximum atomic E-state index is 8.68. The summed E-state index contributed by atoms with van der Waals surface area (Å²) in [5, 5.41) is 11.9. The summed E-state index contributed by atoms with van der Waals surface area (Å²) in [6.07, 6.45) is 3.66. The minimum atomic E-state index is 0.326. The summed E-state index contributed by atoms with van der Waals surface area (Å²) in [5.74, 6) is 0. The third kappa shape index (κ3) is 2.79. The first-order chi connectivity index (χ1) is 8.29. The van der Waals surface area contributed by atoms with Crippen LogP contribution in [0.15, 0.2) is 41.2 Å². The van der Waals surface area contributed by atoms with Crippen LogP contribution in [-0.2, 0) is 13.0 Å². The number of nitriles is 1. The fraction of sp³-hybridized carbons (Fsp3) is 0.154. The molecular weight excluding hydrogens is 214 g/mol. The van der Waals surface area contributed by atoms with Crippen molar-refractivity contribution in [3.8, 4) is 6.07 Å². The lowest BCUT2D eigenvalue weighted by molar-refractivity contribution is 0.564. The Balaban J connectivity index is 2.06. The first-order valence-corrected chi connectivity index (χ1v) is 5.30. The van der Waals surface area contributed by atoms with E-state index < -0.39 is 0 Å². The van der Waals surface area contributed by atoms with Crippen molar-refractivity contribution >= 4 is 11.4 Å². The average molecular weight is 227 g/mol. The highest BCUT2D eigenvalue weighted by Gasteiger charge is 2.01. The zero-order valence-corrected chi connectivity index (χ0v) is 9.31. The molecule has 4 nitrogen and oxygen atoms in total. The molecule has 86 valence electrons. The Bertz CT molecular complexity index is 526. The summed E-state index contributed by atoms with van der Waals surface area (Å²) in [6.45, 7) is 0.687. The van der Waals surface area contributed by atoms with Gasteiger partial charge in [0.1, 0.15) is 0 Å². The Morgan fingerprint density at radius 1 is 1.35 bits per heavy atom. The average Bonchev–Trinajstić information content (AvgIpc) is 2.83. The van der Waals surface area contributed by atoms with Crippen molar-refractivity contribution in [1.29, 1.82) is 5.26 Å². The molecule has 2 rings (SSSR count). The zero-order valence-electron chi connectivity index (χ0n) is 9.31. The van der Waals surface area contributed by atoms with E-state index in [0.29, 0.717) is 18.7 Å². The van der Waals surface area contributed by atoms with Gasteiger partial charge in [-0.2, -0.15) is 5.26 Å². The van der Waals surface area contributed by atoms with Crippen molar-refractivity contribution in [2.45, 2.75) is 13.0 Å². The van der Waals surface area contributed by atoms with Crippen LogP contribution in [-0.4, -0.2) is 0 Å². The Morgan fingerprint density at radius 3 is 2.94 bits per heavy atom. The summed E-state index contributed by atoms with van der Waals surface area (Å²) in [6, 6.07) is 9.61. The Kier molecular flexibility index (Phi) is 3.31. The molecule has 0 fully saturated rings. The van der Waals surface area contributed by atoms with E-state index in [1.54, 1.807) is 12.5 Å². The number of nitrogens with one attached hydrogen (secondary N) is 1. The molecule has 0 saturated carbocycles.